The van der Waals surface area contributed by atoms with Crippen LogP contribution in [0.25, 0.3) is 0 Å². The molecular formula is C16H23ClN4O2S. The van der Waals surface area contributed by atoms with Gasteiger partial charge < -0.3 is 4.90 Å². The van der Waals surface area contributed by atoms with Gasteiger partial charge in [0, 0.05) is 25.2 Å². The zero-order chi connectivity index (χ0) is 17.7. The Morgan fingerprint density at radius 1 is 1.33 bits per heavy atom. The third-order valence-corrected chi connectivity index (χ3v) is 5.70. The molecule has 2 rings (SSSR count). The predicted molar refractivity (Wildman–Crippen MR) is 98.0 cm³/mol. The number of sulfonamides is 1. The van der Waals surface area contributed by atoms with Gasteiger partial charge in [-0.05, 0) is 32.4 Å². The fourth-order valence-corrected chi connectivity index (χ4v) is 3.96. The summed E-state index contributed by atoms with van der Waals surface area (Å²) in [7, 11) is -3.92. The molecule has 132 valence electrons. The Morgan fingerprint density at radius 3 is 2.54 bits per heavy atom. The minimum Gasteiger partial charge on any atom is -0.341 e. The molecule has 8 heteroatoms. The quantitative estimate of drug-likeness (QED) is 0.590. The van der Waals surface area contributed by atoms with Crippen LogP contribution in [0.3, 0.4) is 0 Å². The molecule has 0 saturated carbocycles. The van der Waals surface area contributed by atoms with E-state index in [2.05, 4.69) is 16.4 Å². The predicted octanol–water partition coefficient (Wildman–Crippen LogP) is 3.05. The molecule has 0 aliphatic carbocycles. The lowest BCUT2D eigenvalue weighted by molar-refractivity contribution is 0.344. The van der Waals surface area contributed by atoms with Crippen molar-refractivity contribution in [2.75, 3.05) is 19.6 Å². The van der Waals surface area contributed by atoms with E-state index in [0.29, 0.717) is 31.5 Å². The Kier molecular flexibility index (Phi) is 6.23. The minimum atomic E-state index is -3.92. The third-order valence-electron chi connectivity index (χ3n) is 3.94. The summed E-state index contributed by atoms with van der Waals surface area (Å²) in [5.74, 6) is 0.640. The maximum Gasteiger partial charge on any atom is 0.287 e. The molecule has 0 amide bonds. The summed E-state index contributed by atoms with van der Waals surface area (Å²) >= 11 is 6.04. The van der Waals surface area contributed by atoms with Crippen LogP contribution < -0.4 is 0 Å². The van der Waals surface area contributed by atoms with E-state index in [1.54, 1.807) is 23.2 Å². The highest BCUT2D eigenvalue weighted by atomic mass is 35.5. The normalized spacial score (nSPS) is 18.2. The second kappa shape index (κ2) is 7.98. The number of nitrogens with zero attached hydrogens (tertiary/aromatic N) is 4. The van der Waals surface area contributed by atoms with Gasteiger partial charge in [-0.3, -0.25) is 0 Å². The molecule has 0 spiro atoms. The first-order chi connectivity index (χ1) is 11.4. The first kappa shape index (κ1) is 18.7. The van der Waals surface area contributed by atoms with E-state index in [4.69, 9.17) is 11.6 Å². The standard InChI is InChI=1S/C16H23ClN4O2S/c1-4-13-11-18-21(12-13)16(20(5-2)6-3)19-24(22,23)15-10-8-7-9-14(15)17/h7-11,13H,4-6,12H2,1-3H3. The lowest BCUT2D eigenvalue weighted by Gasteiger charge is -2.28. The summed E-state index contributed by atoms with van der Waals surface area (Å²) < 4.78 is 29.5. The maximum absolute atomic E-state index is 12.7. The largest absolute Gasteiger partial charge is 0.341 e. The Balaban J connectivity index is 2.45. The number of hydrogen-bond donors (Lipinski definition) is 0. The lowest BCUT2D eigenvalue weighted by Crippen LogP contribution is -2.42. The fraction of sp³-hybridized carbons (Fsp3) is 0.500. The van der Waals surface area contributed by atoms with E-state index in [0.717, 1.165) is 6.42 Å². The van der Waals surface area contributed by atoms with Crippen LogP contribution in [-0.2, 0) is 10.0 Å². The number of guanidine groups is 1. The number of hydrogen-bond acceptors (Lipinski definition) is 3. The molecule has 0 bridgehead atoms. The molecule has 6 nitrogen and oxygen atoms in total. The molecule has 1 aromatic rings. The van der Waals surface area contributed by atoms with Gasteiger partial charge in [0.05, 0.1) is 11.6 Å². The van der Waals surface area contributed by atoms with Crippen molar-refractivity contribution in [3.8, 4) is 0 Å². The number of halogens is 1. The highest BCUT2D eigenvalue weighted by Gasteiger charge is 2.27. The van der Waals surface area contributed by atoms with E-state index in [1.807, 2.05) is 25.0 Å². The summed E-state index contributed by atoms with van der Waals surface area (Å²) in [5.41, 5.74) is 0. The summed E-state index contributed by atoms with van der Waals surface area (Å²) in [5, 5.41) is 6.17. The van der Waals surface area contributed by atoms with Crippen LogP contribution in [0.5, 0.6) is 0 Å². The van der Waals surface area contributed by atoms with E-state index in [1.165, 1.54) is 6.07 Å². The van der Waals surface area contributed by atoms with Crippen LogP contribution in [0.4, 0.5) is 0 Å². The van der Waals surface area contributed by atoms with Crippen LogP contribution >= 0.6 is 11.6 Å². The highest BCUT2D eigenvalue weighted by molar-refractivity contribution is 7.90. The molecule has 0 aromatic heterocycles. The Hall–Kier alpha value is -1.60. The first-order valence-corrected chi connectivity index (χ1v) is 9.90. The summed E-state index contributed by atoms with van der Waals surface area (Å²) in [6.45, 7) is 7.89. The van der Waals surface area contributed by atoms with Crippen LogP contribution in [0.15, 0.2) is 38.7 Å². The van der Waals surface area contributed by atoms with Crippen molar-refractivity contribution in [1.29, 1.82) is 0 Å². The van der Waals surface area contributed by atoms with Crippen molar-refractivity contribution in [2.45, 2.75) is 32.1 Å². The number of benzene rings is 1. The molecule has 24 heavy (non-hydrogen) atoms. The van der Waals surface area contributed by atoms with E-state index in [9.17, 15) is 8.42 Å². The molecule has 0 N–H and O–H groups in total. The smallest absolute Gasteiger partial charge is 0.287 e. The van der Waals surface area contributed by atoms with Gasteiger partial charge in [-0.15, -0.1) is 4.40 Å². The van der Waals surface area contributed by atoms with Crippen LogP contribution in [0.1, 0.15) is 27.2 Å². The molecular weight excluding hydrogens is 348 g/mol. The summed E-state index contributed by atoms with van der Waals surface area (Å²) in [6.07, 6.45) is 2.80. The molecule has 0 fully saturated rings. The van der Waals surface area contributed by atoms with Gasteiger partial charge in [-0.2, -0.15) is 13.5 Å². The van der Waals surface area contributed by atoms with Crippen LogP contribution in [-0.4, -0.2) is 50.1 Å². The van der Waals surface area contributed by atoms with Gasteiger partial charge in [0.15, 0.2) is 0 Å². The highest BCUT2D eigenvalue weighted by Crippen LogP contribution is 2.24. The zero-order valence-electron chi connectivity index (χ0n) is 14.2. The van der Waals surface area contributed by atoms with Crippen molar-refractivity contribution in [2.24, 2.45) is 15.4 Å². The van der Waals surface area contributed by atoms with Gasteiger partial charge in [0.1, 0.15) is 4.90 Å². The third kappa shape index (κ3) is 4.08. The van der Waals surface area contributed by atoms with Gasteiger partial charge in [0.2, 0.25) is 5.96 Å². The lowest BCUT2D eigenvalue weighted by atomic mass is 10.1. The van der Waals surface area contributed by atoms with Crippen molar-refractivity contribution in [1.82, 2.24) is 9.91 Å². The van der Waals surface area contributed by atoms with Crippen molar-refractivity contribution in [3.05, 3.63) is 29.3 Å². The van der Waals surface area contributed by atoms with Gasteiger partial charge in [0.25, 0.3) is 10.0 Å². The molecule has 0 saturated heterocycles. The second-order valence-corrected chi connectivity index (χ2v) is 7.46. The molecule has 1 aliphatic rings. The SMILES string of the molecule is CCC1C=NN(C(=NS(=O)(=O)c2ccccc2Cl)N(CC)CC)C1. The number of rotatable bonds is 5. The van der Waals surface area contributed by atoms with Gasteiger partial charge in [-0.25, -0.2) is 5.01 Å². The monoisotopic (exact) mass is 370 g/mol. The Morgan fingerprint density at radius 2 is 2.00 bits per heavy atom. The van der Waals surface area contributed by atoms with Crippen molar-refractivity contribution < 1.29 is 8.42 Å². The molecule has 0 radical (unpaired) electrons. The Bertz CT molecular complexity index is 729. The fourth-order valence-electron chi connectivity index (χ4n) is 2.44. The molecule has 1 aliphatic heterocycles. The molecule has 1 heterocycles. The van der Waals surface area contributed by atoms with E-state index >= 15 is 0 Å². The topological polar surface area (TPSA) is 65.3 Å². The number of hydrazone groups is 1. The van der Waals surface area contributed by atoms with Crippen molar-refractivity contribution in [3.63, 3.8) is 0 Å². The molecule has 1 atom stereocenters. The first-order valence-electron chi connectivity index (χ1n) is 8.09. The average molecular weight is 371 g/mol. The van der Waals surface area contributed by atoms with E-state index in [-0.39, 0.29) is 9.92 Å². The van der Waals surface area contributed by atoms with E-state index < -0.39 is 10.0 Å². The summed E-state index contributed by atoms with van der Waals surface area (Å²) in [6, 6.07) is 6.32. The van der Waals surface area contributed by atoms with Crippen LogP contribution in [0, 0.1) is 5.92 Å². The second-order valence-electron chi connectivity index (χ2n) is 5.48. The van der Waals surface area contributed by atoms with Crippen LogP contribution in [0.2, 0.25) is 5.02 Å². The zero-order valence-corrected chi connectivity index (χ0v) is 15.8. The Labute approximate surface area is 148 Å². The van der Waals surface area contributed by atoms with Gasteiger partial charge in [-0.1, -0.05) is 30.7 Å². The summed E-state index contributed by atoms with van der Waals surface area (Å²) in [4.78, 5) is 1.88. The maximum atomic E-state index is 12.7. The van der Waals surface area contributed by atoms with Crippen molar-refractivity contribution >= 4 is 33.8 Å². The molecule has 1 aromatic carbocycles. The minimum absolute atomic E-state index is 0.00606. The average Bonchev–Trinajstić information content (AvgIpc) is 3.04. The van der Waals surface area contributed by atoms with Gasteiger partial charge >= 0.3 is 0 Å². The molecule has 1 unspecified atom stereocenters.